The number of aromatic hydroxyl groups is 1. The van der Waals surface area contributed by atoms with Gasteiger partial charge in [-0.2, -0.15) is 0 Å². The molecular weight excluding hydrogens is 366 g/mol. The predicted octanol–water partition coefficient (Wildman–Crippen LogP) is 4.31. The molecule has 0 spiro atoms. The SMILES string of the molecule is Cc1oc2c(CN3CCCOC3)c(O)ccc2c(=O)c1-c1ccc(Cl)cc1. The highest BCUT2D eigenvalue weighted by Crippen LogP contribution is 2.31. The molecule has 0 atom stereocenters. The summed E-state index contributed by atoms with van der Waals surface area (Å²) in [4.78, 5) is 15.3. The third-order valence-electron chi connectivity index (χ3n) is 4.87. The fourth-order valence-electron chi connectivity index (χ4n) is 3.51. The molecule has 0 unspecified atom stereocenters. The topological polar surface area (TPSA) is 62.9 Å². The van der Waals surface area contributed by atoms with Crippen LogP contribution in [0, 0.1) is 6.92 Å². The summed E-state index contributed by atoms with van der Waals surface area (Å²) in [6, 6.07) is 10.3. The Labute approximate surface area is 161 Å². The summed E-state index contributed by atoms with van der Waals surface area (Å²) in [5.74, 6) is 0.631. The summed E-state index contributed by atoms with van der Waals surface area (Å²) >= 11 is 5.96. The average Bonchev–Trinajstić information content (AvgIpc) is 2.66. The van der Waals surface area contributed by atoms with Gasteiger partial charge in [-0.3, -0.25) is 9.69 Å². The minimum atomic E-state index is -0.118. The van der Waals surface area contributed by atoms with Gasteiger partial charge in [-0.25, -0.2) is 0 Å². The first kappa shape index (κ1) is 18.0. The normalized spacial score (nSPS) is 15.3. The van der Waals surface area contributed by atoms with E-state index in [4.69, 9.17) is 20.8 Å². The largest absolute Gasteiger partial charge is 0.507 e. The maximum atomic E-state index is 13.2. The van der Waals surface area contributed by atoms with E-state index in [0.717, 1.165) is 25.1 Å². The summed E-state index contributed by atoms with van der Waals surface area (Å²) < 4.78 is 11.5. The summed E-state index contributed by atoms with van der Waals surface area (Å²) in [5, 5.41) is 11.5. The smallest absolute Gasteiger partial charge is 0.200 e. The van der Waals surface area contributed by atoms with Crippen molar-refractivity contribution in [2.45, 2.75) is 19.9 Å². The molecule has 0 amide bonds. The van der Waals surface area contributed by atoms with Crippen LogP contribution >= 0.6 is 11.6 Å². The number of benzene rings is 2. The molecule has 2 heterocycles. The van der Waals surface area contributed by atoms with Gasteiger partial charge in [0.2, 0.25) is 5.43 Å². The third kappa shape index (κ3) is 3.46. The fourth-order valence-corrected chi connectivity index (χ4v) is 3.64. The van der Waals surface area contributed by atoms with Gasteiger partial charge in [-0.15, -0.1) is 0 Å². The Kier molecular flexibility index (Phi) is 4.91. The van der Waals surface area contributed by atoms with Crippen LogP contribution in [0.15, 0.2) is 45.6 Å². The quantitative estimate of drug-likeness (QED) is 0.728. The van der Waals surface area contributed by atoms with Crippen LogP contribution in [0.2, 0.25) is 5.02 Å². The molecular formula is C21H20ClNO4. The number of aryl methyl sites for hydroxylation is 1. The predicted molar refractivity (Wildman–Crippen MR) is 105 cm³/mol. The van der Waals surface area contributed by atoms with Gasteiger partial charge >= 0.3 is 0 Å². The minimum Gasteiger partial charge on any atom is -0.507 e. The lowest BCUT2D eigenvalue weighted by Gasteiger charge is -2.27. The minimum absolute atomic E-state index is 0.118. The van der Waals surface area contributed by atoms with Gasteiger partial charge in [0, 0.05) is 24.7 Å². The number of hydrogen-bond acceptors (Lipinski definition) is 5. The molecule has 1 aromatic heterocycles. The van der Waals surface area contributed by atoms with Crippen molar-refractivity contribution < 1.29 is 14.3 Å². The van der Waals surface area contributed by atoms with E-state index in [2.05, 4.69) is 4.90 Å². The molecule has 1 N–H and O–H groups in total. The molecule has 0 aliphatic carbocycles. The van der Waals surface area contributed by atoms with Gasteiger partial charge in [-0.1, -0.05) is 23.7 Å². The molecule has 0 bridgehead atoms. The summed E-state index contributed by atoms with van der Waals surface area (Å²) in [7, 11) is 0. The monoisotopic (exact) mass is 385 g/mol. The number of rotatable bonds is 3. The van der Waals surface area contributed by atoms with Gasteiger partial charge < -0.3 is 14.3 Å². The number of hydrogen-bond donors (Lipinski definition) is 1. The first-order valence-electron chi connectivity index (χ1n) is 8.89. The van der Waals surface area contributed by atoms with E-state index in [1.54, 1.807) is 43.3 Å². The zero-order chi connectivity index (χ0) is 19.0. The Hall–Kier alpha value is -2.34. The Morgan fingerprint density at radius 1 is 1.19 bits per heavy atom. The summed E-state index contributed by atoms with van der Waals surface area (Å²) in [5.41, 5.74) is 2.19. The van der Waals surface area contributed by atoms with Crippen molar-refractivity contribution in [2.24, 2.45) is 0 Å². The van der Waals surface area contributed by atoms with E-state index in [1.165, 1.54) is 0 Å². The maximum Gasteiger partial charge on any atom is 0.200 e. The second-order valence-electron chi connectivity index (χ2n) is 6.75. The van der Waals surface area contributed by atoms with E-state index in [1.807, 2.05) is 0 Å². The number of nitrogens with zero attached hydrogens (tertiary/aromatic N) is 1. The number of fused-ring (bicyclic) bond motifs is 1. The van der Waals surface area contributed by atoms with E-state index in [-0.39, 0.29) is 11.2 Å². The number of ether oxygens (including phenoxy) is 1. The van der Waals surface area contributed by atoms with Crippen molar-refractivity contribution in [3.05, 3.63) is 63.0 Å². The lowest BCUT2D eigenvalue weighted by Crippen LogP contribution is -2.32. The van der Waals surface area contributed by atoms with Crippen molar-refractivity contribution in [1.29, 1.82) is 0 Å². The number of phenolic OH excluding ortho intramolecular Hbond substituents is 1. The van der Waals surface area contributed by atoms with Crippen molar-refractivity contribution in [2.75, 3.05) is 19.9 Å². The van der Waals surface area contributed by atoms with Gasteiger partial charge in [0.15, 0.2) is 0 Å². The van der Waals surface area contributed by atoms with Crippen molar-refractivity contribution in [3.63, 3.8) is 0 Å². The van der Waals surface area contributed by atoms with Crippen molar-refractivity contribution in [3.8, 4) is 16.9 Å². The van der Waals surface area contributed by atoms with Gasteiger partial charge in [0.05, 0.1) is 23.2 Å². The molecule has 4 rings (SSSR count). The Morgan fingerprint density at radius 3 is 2.67 bits per heavy atom. The Bertz CT molecular complexity index is 1040. The third-order valence-corrected chi connectivity index (χ3v) is 5.12. The van der Waals surface area contributed by atoms with E-state index in [0.29, 0.717) is 46.2 Å². The van der Waals surface area contributed by atoms with Crippen LogP contribution in [0.4, 0.5) is 0 Å². The van der Waals surface area contributed by atoms with Crippen LogP contribution in [0.3, 0.4) is 0 Å². The van der Waals surface area contributed by atoms with Crippen LogP contribution in [-0.4, -0.2) is 29.9 Å². The lowest BCUT2D eigenvalue weighted by molar-refractivity contribution is -0.0178. The number of halogens is 1. The molecule has 1 aliphatic rings. The van der Waals surface area contributed by atoms with Crippen LogP contribution in [0.1, 0.15) is 17.7 Å². The average molecular weight is 386 g/mol. The molecule has 1 fully saturated rings. The molecule has 1 saturated heterocycles. The highest BCUT2D eigenvalue weighted by atomic mass is 35.5. The Balaban J connectivity index is 1.85. The fraction of sp³-hybridized carbons (Fsp3) is 0.286. The molecule has 2 aromatic carbocycles. The lowest BCUT2D eigenvalue weighted by atomic mass is 10.0. The second kappa shape index (κ2) is 7.35. The molecule has 5 nitrogen and oxygen atoms in total. The highest BCUT2D eigenvalue weighted by Gasteiger charge is 2.20. The zero-order valence-electron chi connectivity index (χ0n) is 15.0. The zero-order valence-corrected chi connectivity index (χ0v) is 15.8. The molecule has 140 valence electrons. The van der Waals surface area contributed by atoms with Crippen molar-refractivity contribution in [1.82, 2.24) is 4.90 Å². The maximum absolute atomic E-state index is 13.2. The first-order chi connectivity index (χ1) is 13.0. The number of phenols is 1. The standard InChI is InChI=1S/C21H20ClNO4/c1-13-19(14-3-5-15(22)6-4-14)20(25)16-7-8-18(24)17(21(16)27-13)11-23-9-2-10-26-12-23/h3-8,24H,2,9-12H2,1H3. The van der Waals surface area contributed by atoms with Crippen LogP contribution in [0.25, 0.3) is 22.1 Å². The first-order valence-corrected chi connectivity index (χ1v) is 9.26. The molecule has 0 saturated carbocycles. The Morgan fingerprint density at radius 2 is 1.96 bits per heavy atom. The van der Waals surface area contributed by atoms with Crippen molar-refractivity contribution >= 4 is 22.6 Å². The van der Waals surface area contributed by atoms with Gasteiger partial charge in [-0.05, 0) is 43.2 Å². The van der Waals surface area contributed by atoms with Crippen LogP contribution in [-0.2, 0) is 11.3 Å². The second-order valence-corrected chi connectivity index (χ2v) is 7.19. The molecule has 27 heavy (non-hydrogen) atoms. The molecule has 1 aliphatic heterocycles. The molecule has 0 radical (unpaired) electrons. The van der Waals surface area contributed by atoms with Crippen LogP contribution < -0.4 is 5.43 Å². The highest BCUT2D eigenvalue weighted by molar-refractivity contribution is 6.30. The molecule has 6 heteroatoms. The summed E-state index contributed by atoms with van der Waals surface area (Å²) in [6.07, 6.45) is 0.940. The van der Waals surface area contributed by atoms with Crippen LogP contribution in [0.5, 0.6) is 5.75 Å². The van der Waals surface area contributed by atoms with Gasteiger partial charge in [0.25, 0.3) is 0 Å². The van der Waals surface area contributed by atoms with E-state index >= 15 is 0 Å². The summed E-state index contributed by atoms with van der Waals surface area (Å²) in [6.45, 7) is 4.36. The van der Waals surface area contributed by atoms with Gasteiger partial charge in [0.1, 0.15) is 17.1 Å². The van der Waals surface area contributed by atoms with E-state index < -0.39 is 0 Å². The van der Waals surface area contributed by atoms with E-state index in [9.17, 15) is 9.90 Å². The molecule has 3 aromatic rings.